The lowest BCUT2D eigenvalue weighted by molar-refractivity contribution is -0.0466. The Morgan fingerprint density at radius 1 is 1.33 bits per heavy atom. The molecule has 4 heteroatoms. The normalized spacial score (nSPS) is 29.2. The van der Waals surface area contributed by atoms with E-state index in [0.29, 0.717) is 6.10 Å². The Bertz CT molecular complexity index is 449. The average Bonchev–Trinajstić information content (AvgIpc) is 3.04. The van der Waals surface area contributed by atoms with E-state index in [1.54, 1.807) is 11.3 Å². The first-order valence-electron chi connectivity index (χ1n) is 8.30. The van der Waals surface area contributed by atoms with Crippen LogP contribution < -0.4 is 0 Å². The first-order valence-corrected chi connectivity index (χ1v) is 9.25. The van der Waals surface area contributed by atoms with Crippen LogP contribution in [0.15, 0.2) is 16.8 Å². The smallest absolute Gasteiger partial charge is 0.0836 e. The van der Waals surface area contributed by atoms with Crippen molar-refractivity contribution in [2.24, 2.45) is 5.92 Å². The minimum Gasteiger partial charge on any atom is -0.375 e. The molecular formula is C17H25NO2S. The van der Waals surface area contributed by atoms with E-state index in [4.69, 9.17) is 9.47 Å². The van der Waals surface area contributed by atoms with Crippen molar-refractivity contribution in [3.05, 3.63) is 22.4 Å². The Hall–Kier alpha value is -0.420. The molecule has 1 saturated carbocycles. The lowest BCUT2D eigenvalue weighted by Gasteiger charge is -2.38. The molecule has 0 radical (unpaired) electrons. The summed E-state index contributed by atoms with van der Waals surface area (Å²) in [7, 11) is 0. The van der Waals surface area contributed by atoms with Crippen LogP contribution in [0.1, 0.15) is 37.7 Å². The molecule has 21 heavy (non-hydrogen) atoms. The zero-order valence-corrected chi connectivity index (χ0v) is 13.4. The van der Waals surface area contributed by atoms with Gasteiger partial charge < -0.3 is 9.47 Å². The highest BCUT2D eigenvalue weighted by atomic mass is 32.1. The van der Waals surface area contributed by atoms with E-state index in [1.807, 2.05) is 0 Å². The van der Waals surface area contributed by atoms with Crippen molar-refractivity contribution in [1.82, 2.24) is 4.90 Å². The molecule has 0 bridgehead atoms. The van der Waals surface area contributed by atoms with Crippen molar-refractivity contribution >= 4 is 11.3 Å². The number of likely N-dealkylation sites (tertiary alicyclic amines) is 1. The van der Waals surface area contributed by atoms with Gasteiger partial charge in [0.1, 0.15) is 0 Å². The number of hydrogen-bond acceptors (Lipinski definition) is 4. The highest BCUT2D eigenvalue weighted by Gasteiger charge is 2.43. The van der Waals surface area contributed by atoms with E-state index in [9.17, 15) is 0 Å². The van der Waals surface area contributed by atoms with Crippen molar-refractivity contribution < 1.29 is 9.47 Å². The van der Waals surface area contributed by atoms with Crippen LogP contribution in [0.25, 0.3) is 0 Å². The standard InChI is InChI=1S/C17H25NO2S/c1-2-14(1)11-19-16-9-17(20-12-16)4-6-18(7-5-17)10-15-3-8-21-13-15/h3,8,13-14,16H,1-2,4-7,9-12H2. The first kappa shape index (κ1) is 14.2. The van der Waals surface area contributed by atoms with Crippen molar-refractivity contribution in [2.75, 3.05) is 26.3 Å². The summed E-state index contributed by atoms with van der Waals surface area (Å²) in [6.45, 7) is 5.20. The highest BCUT2D eigenvalue weighted by molar-refractivity contribution is 7.07. The molecular weight excluding hydrogens is 282 g/mol. The van der Waals surface area contributed by atoms with Crippen LogP contribution in [-0.2, 0) is 16.0 Å². The minimum atomic E-state index is 0.124. The molecule has 2 aliphatic heterocycles. The molecule has 1 unspecified atom stereocenters. The Labute approximate surface area is 131 Å². The lowest BCUT2D eigenvalue weighted by Crippen LogP contribution is -2.43. The molecule has 1 atom stereocenters. The van der Waals surface area contributed by atoms with Crippen molar-refractivity contribution in [1.29, 1.82) is 0 Å². The van der Waals surface area contributed by atoms with E-state index >= 15 is 0 Å². The highest BCUT2D eigenvalue weighted by Crippen LogP contribution is 2.38. The molecule has 0 amide bonds. The molecule has 1 aromatic heterocycles. The zero-order valence-electron chi connectivity index (χ0n) is 12.6. The van der Waals surface area contributed by atoms with E-state index in [1.165, 1.54) is 31.2 Å². The van der Waals surface area contributed by atoms with Crippen LogP contribution in [0.5, 0.6) is 0 Å². The summed E-state index contributed by atoms with van der Waals surface area (Å²) in [6.07, 6.45) is 6.55. The van der Waals surface area contributed by atoms with Gasteiger partial charge in [0.2, 0.25) is 0 Å². The van der Waals surface area contributed by atoms with Crippen LogP contribution in [-0.4, -0.2) is 42.9 Å². The summed E-state index contributed by atoms with van der Waals surface area (Å²) in [4.78, 5) is 2.56. The van der Waals surface area contributed by atoms with Gasteiger partial charge in [0.25, 0.3) is 0 Å². The van der Waals surface area contributed by atoms with Gasteiger partial charge in [0, 0.05) is 32.7 Å². The van der Waals surface area contributed by atoms with Crippen LogP contribution in [0, 0.1) is 5.92 Å². The second-order valence-electron chi connectivity index (χ2n) is 7.00. The predicted octanol–water partition coefficient (Wildman–Crippen LogP) is 3.30. The van der Waals surface area contributed by atoms with E-state index in [-0.39, 0.29) is 5.60 Å². The van der Waals surface area contributed by atoms with Gasteiger partial charge >= 0.3 is 0 Å². The molecule has 4 rings (SSSR count). The third kappa shape index (κ3) is 3.50. The molecule has 1 aliphatic carbocycles. The summed E-state index contributed by atoms with van der Waals surface area (Å²) >= 11 is 1.79. The Morgan fingerprint density at radius 2 is 2.19 bits per heavy atom. The fourth-order valence-corrected chi connectivity index (χ4v) is 4.23. The number of thiophene rings is 1. The number of ether oxygens (including phenoxy) is 2. The number of nitrogens with zero attached hydrogens (tertiary/aromatic N) is 1. The lowest BCUT2D eigenvalue weighted by atomic mass is 9.88. The second kappa shape index (κ2) is 5.99. The van der Waals surface area contributed by atoms with Gasteiger partial charge in [0.05, 0.1) is 18.3 Å². The van der Waals surface area contributed by atoms with E-state index in [2.05, 4.69) is 21.7 Å². The third-order valence-electron chi connectivity index (χ3n) is 5.19. The Balaban J connectivity index is 1.24. The second-order valence-corrected chi connectivity index (χ2v) is 7.78. The SMILES string of the molecule is c1cc(CN2CCC3(CC2)CC(OCC2CC2)CO3)cs1. The van der Waals surface area contributed by atoms with Gasteiger partial charge in [-0.2, -0.15) is 11.3 Å². The largest absolute Gasteiger partial charge is 0.375 e. The summed E-state index contributed by atoms with van der Waals surface area (Å²) in [5.74, 6) is 0.856. The summed E-state index contributed by atoms with van der Waals surface area (Å²) in [5, 5.41) is 4.43. The number of piperidine rings is 1. The number of rotatable bonds is 5. The Morgan fingerprint density at radius 3 is 2.90 bits per heavy atom. The van der Waals surface area contributed by atoms with Crippen LogP contribution >= 0.6 is 11.3 Å². The summed E-state index contributed by atoms with van der Waals surface area (Å²) < 4.78 is 12.2. The number of hydrogen-bond donors (Lipinski definition) is 0. The van der Waals surface area contributed by atoms with Gasteiger partial charge in [-0.1, -0.05) is 0 Å². The van der Waals surface area contributed by atoms with Crippen LogP contribution in [0.4, 0.5) is 0 Å². The first-order chi connectivity index (χ1) is 10.3. The Kier molecular flexibility index (Phi) is 4.05. The quantitative estimate of drug-likeness (QED) is 0.833. The van der Waals surface area contributed by atoms with Crippen molar-refractivity contribution in [3.63, 3.8) is 0 Å². The molecule has 116 valence electrons. The molecule has 3 aliphatic rings. The van der Waals surface area contributed by atoms with Gasteiger partial charge in [-0.25, -0.2) is 0 Å². The molecule has 2 saturated heterocycles. The molecule has 3 heterocycles. The van der Waals surface area contributed by atoms with E-state index < -0.39 is 0 Å². The van der Waals surface area contributed by atoms with Crippen molar-refractivity contribution in [2.45, 2.75) is 50.4 Å². The van der Waals surface area contributed by atoms with Gasteiger partial charge in [-0.05, 0) is 54.0 Å². The summed E-state index contributed by atoms with van der Waals surface area (Å²) in [5.41, 5.74) is 1.58. The third-order valence-corrected chi connectivity index (χ3v) is 5.93. The maximum absolute atomic E-state index is 6.18. The fourth-order valence-electron chi connectivity index (χ4n) is 3.57. The zero-order chi connectivity index (χ0) is 14.1. The average molecular weight is 307 g/mol. The van der Waals surface area contributed by atoms with E-state index in [0.717, 1.165) is 45.2 Å². The topological polar surface area (TPSA) is 21.7 Å². The van der Waals surface area contributed by atoms with Gasteiger partial charge in [-0.3, -0.25) is 4.90 Å². The predicted molar refractivity (Wildman–Crippen MR) is 84.6 cm³/mol. The minimum absolute atomic E-state index is 0.124. The molecule has 1 spiro atoms. The molecule has 0 N–H and O–H groups in total. The van der Waals surface area contributed by atoms with Gasteiger partial charge in [0.15, 0.2) is 0 Å². The molecule has 3 nitrogen and oxygen atoms in total. The molecule has 3 fully saturated rings. The maximum Gasteiger partial charge on any atom is 0.0836 e. The molecule has 1 aromatic rings. The fraction of sp³-hybridized carbons (Fsp3) is 0.765. The van der Waals surface area contributed by atoms with Crippen LogP contribution in [0.2, 0.25) is 0 Å². The monoisotopic (exact) mass is 307 g/mol. The summed E-state index contributed by atoms with van der Waals surface area (Å²) in [6, 6.07) is 2.24. The molecule has 0 aromatic carbocycles. The maximum atomic E-state index is 6.18. The van der Waals surface area contributed by atoms with Crippen LogP contribution in [0.3, 0.4) is 0 Å². The van der Waals surface area contributed by atoms with Gasteiger partial charge in [-0.15, -0.1) is 0 Å². The van der Waals surface area contributed by atoms with Crippen molar-refractivity contribution in [3.8, 4) is 0 Å².